The number of rotatable bonds is 5. The summed E-state index contributed by atoms with van der Waals surface area (Å²) in [7, 11) is 1.60. The number of aromatic nitrogens is 3. The van der Waals surface area contributed by atoms with Crippen LogP contribution in [0.4, 0.5) is 13.2 Å². The van der Waals surface area contributed by atoms with Crippen LogP contribution in [0.15, 0.2) is 36.4 Å². The minimum Gasteiger partial charge on any atom is -0.377 e. The minimum absolute atomic E-state index is 0.0880. The lowest BCUT2D eigenvalue weighted by atomic mass is 9.96. The Morgan fingerprint density at radius 1 is 1.15 bits per heavy atom. The van der Waals surface area contributed by atoms with Crippen molar-refractivity contribution in [2.45, 2.75) is 38.6 Å². The van der Waals surface area contributed by atoms with Gasteiger partial charge in [-0.2, -0.15) is 13.2 Å². The van der Waals surface area contributed by atoms with Crippen LogP contribution in [-0.4, -0.2) is 22.1 Å². The number of benzene rings is 2. The second-order valence-electron chi connectivity index (χ2n) is 7.07. The molecule has 142 valence electrons. The maximum atomic E-state index is 13.9. The van der Waals surface area contributed by atoms with Crippen LogP contribution in [0.25, 0.3) is 22.2 Å². The number of ether oxygens (including phenoxy) is 1. The van der Waals surface area contributed by atoms with E-state index in [1.165, 1.54) is 6.07 Å². The Labute approximate surface area is 154 Å². The molecule has 0 amide bonds. The molecule has 1 atom stereocenters. The van der Waals surface area contributed by atoms with Crippen molar-refractivity contribution in [3.8, 4) is 11.1 Å². The van der Waals surface area contributed by atoms with Crippen LogP contribution < -0.4 is 0 Å². The topological polar surface area (TPSA) is 39.9 Å². The second-order valence-corrected chi connectivity index (χ2v) is 7.07. The third kappa shape index (κ3) is 3.43. The Bertz CT molecular complexity index is 959. The quantitative estimate of drug-likeness (QED) is 0.613. The number of hydrogen-bond acceptors (Lipinski definition) is 3. The normalized spacial score (nSPS) is 16.0. The van der Waals surface area contributed by atoms with E-state index in [1.54, 1.807) is 42.1 Å². The monoisotopic (exact) mass is 375 g/mol. The number of halogens is 3. The van der Waals surface area contributed by atoms with Gasteiger partial charge in [0.15, 0.2) is 0 Å². The molecule has 4 rings (SSSR count). The van der Waals surface area contributed by atoms with Crippen LogP contribution in [0.3, 0.4) is 0 Å². The van der Waals surface area contributed by atoms with Gasteiger partial charge in [0.05, 0.1) is 17.2 Å². The first-order valence-corrected chi connectivity index (χ1v) is 8.95. The highest BCUT2D eigenvalue weighted by Crippen LogP contribution is 2.41. The Kier molecular flexibility index (Phi) is 4.42. The molecular weight excluding hydrogens is 355 g/mol. The largest absolute Gasteiger partial charge is 0.419 e. The molecule has 1 aliphatic carbocycles. The summed E-state index contributed by atoms with van der Waals surface area (Å²) in [6.45, 7) is 2.51. The van der Waals surface area contributed by atoms with Gasteiger partial charge in [0.25, 0.3) is 0 Å². The summed E-state index contributed by atoms with van der Waals surface area (Å²) in [5, 5.41) is 7.87. The van der Waals surface area contributed by atoms with Crippen LogP contribution in [0.5, 0.6) is 0 Å². The number of alkyl halides is 3. The van der Waals surface area contributed by atoms with E-state index in [-0.39, 0.29) is 17.2 Å². The summed E-state index contributed by atoms with van der Waals surface area (Å²) >= 11 is 0. The molecule has 1 unspecified atom stereocenters. The van der Waals surface area contributed by atoms with Crippen LogP contribution in [0.2, 0.25) is 0 Å². The Morgan fingerprint density at radius 3 is 2.44 bits per heavy atom. The van der Waals surface area contributed by atoms with Crippen molar-refractivity contribution >= 4 is 11.0 Å². The molecule has 1 aliphatic rings. The zero-order chi connectivity index (χ0) is 19.2. The van der Waals surface area contributed by atoms with E-state index >= 15 is 0 Å². The summed E-state index contributed by atoms with van der Waals surface area (Å²) in [5.74, 6) is 0.499. The summed E-state index contributed by atoms with van der Waals surface area (Å²) in [6, 6.07) is 10.2. The molecule has 4 nitrogen and oxygen atoms in total. The lowest BCUT2D eigenvalue weighted by Crippen LogP contribution is -2.09. The van der Waals surface area contributed by atoms with Crippen molar-refractivity contribution in [3.63, 3.8) is 0 Å². The zero-order valence-corrected chi connectivity index (χ0v) is 15.1. The van der Waals surface area contributed by atoms with Gasteiger partial charge in [-0.15, -0.1) is 5.10 Å². The van der Waals surface area contributed by atoms with E-state index < -0.39 is 11.7 Å². The van der Waals surface area contributed by atoms with Crippen molar-refractivity contribution < 1.29 is 17.9 Å². The summed E-state index contributed by atoms with van der Waals surface area (Å²) in [6.07, 6.45) is -2.45. The van der Waals surface area contributed by atoms with Gasteiger partial charge in [-0.25, -0.2) is 4.68 Å². The number of nitrogens with zero attached hydrogens (tertiary/aromatic N) is 3. The molecule has 0 radical (unpaired) electrons. The van der Waals surface area contributed by atoms with Crippen molar-refractivity contribution in [2.24, 2.45) is 5.92 Å². The molecule has 0 aliphatic heterocycles. The van der Waals surface area contributed by atoms with Gasteiger partial charge in [-0.3, -0.25) is 0 Å². The second kappa shape index (κ2) is 6.64. The lowest BCUT2D eigenvalue weighted by molar-refractivity contribution is -0.135. The zero-order valence-electron chi connectivity index (χ0n) is 15.1. The van der Waals surface area contributed by atoms with Crippen molar-refractivity contribution in [3.05, 3.63) is 47.5 Å². The molecule has 0 N–H and O–H groups in total. The van der Waals surface area contributed by atoms with Crippen LogP contribution >= 0.6 is 0 Å². The third-order valence-electron chi connectivity index (χ3n) is 5.14. The lowest BCUT2D eigenvalue weighted by Gasteiger charge is -2.15. The molecule has 0 saturated heterocycles. The van der Waals surface area contributed by atoms with Gasteiger partial charge < -0.3 is 4.74 Å². The predicted octanol–water partition coefficient (Wildman–Crippen LogP) is 5.23. The van der Waals surface area contributed by atoms with Gasteiger partial charge in [-0.1, -0.05) is 35.5 Å². The highest BCUT2D eigenvalue weighted by Gasteiger charge is 2.38. The first-order chi connectivity index (χ1) is 12.9. The van der Waals surface area contributed by atoms with Crippen molar-refractivity contribution in [2.75, 3.05) is 7.11 Å². The van der Waals surface area contributed by atoms with Crippen LogP contribution in [0.1, 0.15) is 37.0 Å². The van der Waals surface area contributed by atoms with E-state index in [0.717, 1.165) is 18.4 Å². The molecule has 27 heavy (non-hydrogen) atoms. The van der Waals surface area contributed by atoms with Gasteiger partial charge >= 0.3 is 6.18 Å². The van der Waals surface area contributed by atoms with E-state index in [2.05, 4.69) is 10.3 Å². The standard InChI is InChI=1S/C20H20F3N3O/c1-12(27-2)14-5-7-15(8-6-14)16-9-10-17-19(18(16)20(21,22)23)24-25-26(17)11-13-3-4-13/h5-10,12-13H,3-4,11H2,1-2H3. The molecule has 3 aromatic rings. The fourth-order valence-corrected chi connectivity index (χ4v) is 3.31. The predicted molar refractivity (Wildman–Crippen MR) is 96.1 cm³/mol. The van der Waals surface area contributed by atoms with Gasteiger partial charge in [-0.05, 0) is 48.4 Å². The minimum atomic E-state index is -4.52. The number of hydrogen-bond donors (Lipinski definition) is 0. The SMILES string of the molecule is COC(C)c1ccc(-c2ccc3c(nnn3CC3CC3)c2C(F)(F)F)cc1. The molecular formula is C20H20F3N3O. The third-order valence-corrected chi connectivity index (χ3v) is 5.14. The molecule has 2 aromatic carbocycles. The number of fused-ring (bicyclic) bond motifs is 1. The molecule has 1 saturated carbocycles. The highest BCUT2D eigenvalue weighted by atomic mass is 19.4. The highest BCUT2D eigenvalue weighted by molar-refractivity contribution is 5.87. The summed E-state index contributed by atoms with van der Waals surface area (Å²) in [5.41, 5.74) is 1.14. The molecule has 1 heterocycles. The van der Waals surface area contributed by atoms with E-state index in [9.17, 15) is 13.2 Å². The van der Waals surface area contributed by atoms with Crippen LogP contribution in [0, 0.1) is 5.92 Å². The Hall–Kier alpha value is -2.41. The van der Waals surface area contributed by atoms with Gasteiger partial charge in [0.2, 0.25) is 0 Å². The molecule has 0 spiro atoms. The maximum Gasteiger partial charge on any atom is 0.419 e. The van der Waals surface area contributed by atoms with Gasteiger partial charge in [0, 0.05) is 13.7 Å². The molecule has 7 heteroatoms. The first kappa shape index (κ1) is 18.0. The summed E-state index contributed by atoms with van der Waals surface area (Å²) < 4.78 is 48.6. The fraction of sp³-hybridized carbons (Fsp3) is 0.400. The molecule has 1 aromatic heterocycles. The first-order valence-electron chi connectivity index (χ1n) is 8.95. The Morgan fingerprint density at radius 2 is 1.85 bits per heavy atom. The van der Waals surface area contributed by atoms with Crippen LogP contribution in [-0.2, 0) is 17.5 Å². The van der Waals surface area contributed by atoms with Gasteiger partial charge in [0.1, 0.15) is 5.52 Å². The van der Waals surface area contributed by atoms with E-state index in [1.807, 2.05) is 6.92 Å². The molecule has 0 bridgehead atoms. The van der Waals surface area contributed by atoms with E-state index in [4.69, 9.17) is 4.74 Å². The van der Waals surface area contributed by atoms with Crippen molar-refractivity contribution in [1.29, 1.82) is 0 Å². The fourth-order valence-electron chi connectivity index (χ4n) is 3.31. The smallest absolute Gasteiger partial charge is 0.377 e. The van der Waals surface area contributed by atoms with Crippen molar-refractivity contribution in [1.82, 2.24) is 15.0 Å². The van der Waals surface area contributed by atoms with E-state index in [0.29, 0.717) is 23.5 Å². The average Bonchev–Trinajstić information content (AvgIpc) is 3.38. The average molecular weight is 375 g/mol. The Balaban J connectivity index is 1.82. The summed E-state index contributed by atoms with van der Waals surface area (Å²) in [4.78, 5) is 0. The molecule has 1 fully saturated rings. The maximum absolute atomic E-state index is 13.9. The number of methoxy groups -OCH3 is 1.